The van der Waals surface area contributed by atoms with E-state index in [0.717, 1.165) is 36.4 Å². The van der Waals surface area contributed by atoms with E-state index < -0.39 is 48.5 Å². The Kier molecular flexibility index (Phi) is 9.05. The largest absolute Gasteiger partial charge is 0.481 e. The summed E-state index contributed by atoms with van der Waals surface area (Å²) in [5.74, 6) is -1.02. The second kappa shape index (κ2) is 11.6. The van der Waals surface area contributed by atoms with Gasteiger partial charge in [-0.2, -0.15) is 39.5 Å². The zero-order valence-corrected chi connectivity index (χ0v) is 21.1. The third-order valence-corrected chi connectivity index (χ3v) is 10.8. The summed E-state index contributed by atoms with van der Waals surface area (Å²) in [6.45, 7) is 0. The number of carboxylic acid groups (broad SMARTS) is 1. The normalized spacial score (nSPS) is 12.9. The van der Waals surface area contributed by atoms with E-state index in [4.69, 9.17) is 5.11 Å². The second-order valence-corrected chi connectivity index (χ2v) is 12.5. The van der Waals surface area contributed by atoms with Crippen molar-refractivity contribution in [2.24, 2.45) is 0 Å². The van der Waals surface area contributed by atoms with E-state index in [0.29, 0.717) is 28.8 Å². The highest BCUT2D eigenvalue weighted by Gasteiger charge is 2.46. The first-order valence-electron chi connectivity index (χ1n) is 11.7. The maximum absolute atomic E-state index is 13.3. The first-order valence-corrected chi connectivity index (χ1v) is 13.7. The lowest BCUT2D eigenvalue weighted by molar-refractivity contribution is -0.138. The molecule has 0 aliphatic heterocycles. The van der Waals surface area contributed by atoms with E-state index in [1.165, 1.54) is 36.4 Å². The highest BCUT2D eigenvalue weighted by molar-refractivity contribution is 7.95. The molecule has 0 atom stereocenters. The van der Waals surface area contributed by atoms with Crippen LogP contribution in [0.1, 0.15) is 42.4 Å². The molecule has 0 heterocycles. The van der Waals surface area contributed by atoms with Crippen LogP contribution < -0.4 is 15.9 Å². The summed E-state index contributed by atoms with van der Waals surface area (Å²) in [5.41, 5.74) is -2.86. The van der Waals surface area contributed by atoms with Gasteiger partial charge in [-0.25, -0.2) is 0 Å². The highest BCUT2D eigenvalue weighted by atomic mass is 31.2. The van der Waals surface area contributed by atoms with Crippen LogP contribution in [-0.2, 0) is 23.3 Å². The minimum absolute atomic E-state index is 0.133. The summed E-state index contributed by atoms with van der Waals surface area (Å²) in [6, 6.07) is 12.3. The average molecular weight is 581 g/mol. The monoisotopic (exact) mass is 581 g/mol. The highest BCUT2D eigenvalue weighted by Crippen LogP contribution is 2.56. The Morgan fingerprint density at radius 3 is 1.10 bits per heavy atom. The Morgan fingerprint density at radius 2 is 0.846 bits per heavy atom. The Bertz CT molecular complexity index is 1110. The van der Waals surface area contributed by atoms with Crippen molar-refractivity contribution in [3.05, 3.63) is 89.5 Å². The summed E-state index contributed by atoms with van der Waals surface area (Å²) < 4.78 is 119. The van der Waals surface area contributed by atoms with Crippen LogP contribution in [-0.4, -0.2) is 17.2 Å². The fraction of sp³-hybridized carbons (Fsp3) is 0.296. The number of rotatable bonds is 9. The fourth-order valence-electron chi connectivity index (χ4n) is 4.35. The van der Waals surface area contributed by atoms with Crippen LogP contribution in [0.25, 0.3) is 0 Å². The molecule has 210 valence electrons. The summed E-state index contributed by atoms with van der Waals surface area (Å²) in [7, 11) is -3.08. The Labute approximate surface area is 218 Å². The molecular weight excluding hydrogens is 558 g/mol. The fourth-order valence-corrected chi connectivity index (χ4v) is 8.69. The van der Waals surface area contributed by atoms with Crippen molar-refractivity contribution in [1.82, 2.24) is 0 Å². The smallest absolute Gasteiger partial charge is 0.416 e. The van der Waals surface area contributed by atoms with Crippen molar-refractivity contribution >= 4 is 29.1 Å². The standard InChI is InChI=1S/C27H22F9O2P/c28-25(29,30)18-5-11-21(12-6-18)39(17-3-1-2-4-24(37)38,22-13-7-19(8-14-22)26(31,32)33)23-15-9-20(10-16-23)27(34,35)36/h5-16H,1-4,17H2/p+1. The van der Waals surface area contributed by atoms with Crippen molar-refractivity contribution in [2.45, 2.75) is 44.2 Å². The summed E-state index contributed by atoms with van der Waals surface area (Å²) >= 11 is 0. The topological polar surface area (TPSA) is 37.3 Å². The van der Waals surface area contributed by atoms with Gasteiger partial charge in [0.05, 0.1) is 22.9 Å². The molecule has 0 amide bonds. The molecule has 0 fully saturated rings. The molecule has 3 aromatic rings. The van der Waals surface area contributed by atoms with Gasteiger partial charge in [-0.3, -0.25) is 4.79 Å². The van der Waals surface area contributed by atoms with Crippen LogP contribution in [0.3, 0.4) is 0 Å². The zero-order valence-electron chi connectivity index (χ0n) is 20.2. The van der Waals surface area contributed by atoms with Crippen molar-refractivity contribution in [1.29, 1.82) is 0 Å². The van der Waals surface area contributed by atoms with Crippen LogP contribution >= 0.6 is 7.26 Å². The van der Waals surface area contributed by atoms with Crippen LogP contribution in [0.4, 0.5) is 39.5 Å². The SMILES string of the molecule is O=C(O)CCCCC[P+](c1ccc(C(F)(F)F)cc1)(c1ccc(C(F)(F)F)cc1)c1ccc(C(F)(F)F)cc1. The van der Waals surface area contributed by atoms with Gasteiger partial charge in [0.15, 0.2) is 0 Å². The van der Waals surface area contributed by atoms with Gasteiger partial charge >= 0.3 is 24.5 Å². The third kappa shape index (κ3) is 7.32. The Morgan fingerprint density at radius 1 is 0.538 bits per heavy atom. The number of benzene rings is 3. The molecule has 0 saturated carbocycles. The van der Waals surface area contributed by atoms with Crippen molar-refractivity contribution in [2.75, 3.05) is 6.16 Å². The van der Waals surface area contributed by atoms with Crippen molar-refractivity contribution in [3.8, 4) is 0 Å². The van der Waals surface area contributed by atoms with E-state index in [1.54, 1.807) is 0 Å². The molecule has 0 unspecified atom stereocenters. The molecule has 3 aromatic carbocycles. The van der Waals surface area contributed by atoms with Crippen LogP contribution in [0.15, 0.2) is 72.8 Å². The Balaban J connectivity index is 2.21. The molecule has 0 spiro atoms. The van der Waals surface area contributed by atoms with Gasteiger partial charge in [0.25, 0.3) is 0 Å². The van der Waals surface area contributed by atoms with Crippen LogP contribution in [0.2, 0.25) is 0 Å². The number of unbranched alkanes of at least 4 members (excludes halogenated alkanes) is 2. The van der Waals surface area contributed by atoms with Gasteiger partial charge < -0.3 is 5.11 Å². The van der Waals surface area contributed by atoms with Gasteiger partial charge in [0.2, 0.25) is 0 Å². The summed E-state index contributed by atoms with van der Waals surface area (Å²) in [6.07, 6.45) is -12.9. The molecule has 0 bridgehead atoms. The number of aliphatic carboxylic acids is 1. The lowest BCUT2D eigenvalue weighted by Crippen LogP contribution is -2.34. The quantitative estimate of drug-likeness (QED) is 0.160. The van der Waals surface area contributed by atoms with E-state index in [1.807, 2.05) is 0 Å². The van der Waals surface area contributed by atoms with Gasteiger partial charge in [-0.1, -0.05) is 0 Å². The second-order valence-electron chi connectivity index (χ2n) is 8.87. The molecule has 39 heavy (non-hydrogen) atoms. The first kappa shape index (κ1) is 30.5. The van der Waals surface area contributed by atoms with E-state index in [9.17, 15) is 44.3 Å². The maximum atomic E-state index is 13.3. The van der Waals surface area contributed by atoms with Crippen molar-refractivity contribution in [3.63, 3.8) is 0 Å². The van der Waals surface area contributed by atoms with Gasteiger partial charge in [0, 0.05) is 6.42 Å². The minimum Gasteiger partial charge on any atom is -0.481 e. The number of carbonyl (C=O) groups is 1. The van der Waals surface area contributed by atoms with Crippen LogP contribution in [0, 0.1) is 0 Å². The number of halogens is 9. The molecule has 0 aliphatic carbocycles. The number of hydrogen-bond donors (Lipinski definition) is 1. The molecule has 0 radical (unpaired) electrons. The molecule has 2 nitrogen and oxygen atoms in total. The van der Waals surface area contributed by atoms with Crippen LogP contribution in [0.5, 0.6) is 0 Å². The molecule has 0 aliphatic rings. The molecule has 1 N–H and O–H groups in total. The third-order valence-electron chi connectivity index (χ3n) is 6.29. The van der Waals surface area contributed by atoms with E-state index >= 15 is 0 Å². The molecular formula is C27H23F9O2P+. The molecule has 12 heteroatoms. The van der Waals surface area contributed by atoms with Gasteiger partial charge in [0.1, 0.15) is 23.2 Å². The van der Waals surface area contributed by atoms with E-state index in [-0.39, 0.29) is 19.0 Å². The zero-order chi connectivity index (χ0) is 29.1. The van der Waals surface area contributed by atoms with Gasteiger partial charge in [-0.15, -0.1) is 0 Å². The summed E-state index contributed by atoms with van der Waals surface area (Å²) in [5, 5.41) is 9.94. The average Bonchev–Trinajstić information content (AvgIpc) is 2.85. The Hall–Kier alpha value is -3.07. The first-order chi connectivity index (χ1) is 18.0. The predicted octanol–water partition coefficient (Wildman–Crippen LogP) is 7.68. The number of hydrogen-bond acceptors (Lipinski definition) is 1. The molecule has 0 saturated heterocycles. The molecule has 0 aromatic heterocycles. The lowest BCUT2D eigenvalue weighted by atomic mass is 10.2. The van der Waals surface area contributed by atoms with Crippen molar-refractivity contribution < 1.29 is 49.4 Å². The minimum atomic E-state index is -4.65. The molecule has 3 rings (SSSR count). The lowest BCUT2D eigenvalue weighted by Gasteiger charge is -2.28. The number of carboxylic acids is 1. The maximum Gasteiger partial charge on any atom is 0.416 e. The van der Waals surface area contributed by atoms with Gasteiger partial charge in [-0.05, 0) is 92.1 Å². The number of alkyl halides is 9. The summed E-state index contributed by atoms with van der Waals surface area (Å²) in [4.78, 5) is 10.9. The predicted molar refractivity (Wildman–Crippen MR) is 131 cm³/mol. The van der Waals surface area contributed by atoms with E-state index in [2.05, 4.69) is 0 Å².